The van der Waals surface area contributed by atoms with Gasteiger partial charge in [-0.05, 0) is 62.5 Å². The lowest BCUT2D eigenvalue weighted by molar-refractivity contribution is -0.128. The van der Waals surface area contributed by atoms with Gasteiger partial charge in [0.2, 0.25) is 0 Å². The molecule has 1 atom stereocenters. The van der Waals surface area contributed by atoms with E-state index in [1.54, 1.807) is 18.0 Å². The second kappa shape index (κ2) is 9.72. The average Bonchev–Trinajstić information content (AvgIpc) is 3.20. The maximum Gasteiger partial charge on any atom is 0.327 e. The Labute approximate surface area is 206 Å². The number of hydrogen-bond donors (Lipinski definition) is 0. The Morgan fingerprint density at radius 1 is 0.971 bits per heavy atom. The minimum atomic E-state index is -0.421. The summed E-state index contributed by atoms with van der Waals surface area (Å²) in [4.78, 5) is 56.5. The second-order valence-corrected chi connectivity index (χ2v) is 10.6. The normalized spacial score (nSPS) is 27.1. The molecule has 1 saturated carbocycles. The third-order valence-electron chi connectivity index (χ3n) is 8.26. The molecule has 5 rings (SSSR count). The van der Waals surface area contributed by atoms with Crippen LogP contribution in [0.3, 0.4) is 0 Å². The van der Waals surface area contributed by atoms with Gasteiger partial charge in [0.05, 0.1) is 24.3 Å². The highest BCUT2D eigenvalue weighted by Gasteiger charge is 2.47. The van der Waals surface area contributed by atoms with Gasteiger partial charge in [-0.2, -0.15) is 0 Å². The number of unbranched alkanes of at least 4 members (excludes halogenated alkanes) is 1. The summed E-state index contributed by atoms with van der Waals surface area (Å²) in [6, 6.07) is 4.88. The van der Waals surface area contributed by atoms with Gasteiger partial charge in [-0.15, -0.1) is 0 Å². The molecule has 0 aromatic heterocycles. The fraction of sp³-hybridized carbons (Fsp3) is 0.630. The Morgan fingerprint density at radius 2 is 1.71 bits per heavy atom. The molecule has 0 spiro atoms. The number of carbonyl (C=O) groups is 4. The number of hydrogen-bond acceptors (Lipinski definition) is 5. The van der Waals surface area contributed by atoms with Gasteiger partial charge in [0, 0.05) is 25.6 Å². The van der Waals surface area contributed by atoms with Gasteiger partial charge >= 0.3 is 6.03 Å². The van der Waals surface area contributed by atoms with Gasteiger partial charge in [-0.1, -0.05) is 25.5 Å². The molecule has 1 aliphatic carbocycles. The quantitative estimate of drug-likeness (QED) is 0.419. The van der Waals surface area contributed by atoms with Crippen LogP contribution in [0.2, 0.25) is 0 Å². The van der Waals surface area contributed by atoms with Crippen molar-refractivity contribution < 1.29 is 23.9 Å². The minimum absolute atomic E-state index is 0.107. The first-order chi connectivity index (χ1) is 16.9. The zero-order valence-corrected chi connectivity index (χ0v) is 20.7. The Morgan fingerprint density at radius 3 is 2.37 bits per heavy atom. The van der Waals surface area contributed by atoms with Gasteiger partial charge in [-0.25, -0.2) is 4.79 Å². The molecule has 1 aromatic rings. The number of nitrogens with zero attached hydrogens (tertiary/aromatic N) is 3. The van der Waals surface area contributed by atoms with Gasteiger partial charge < -0.3 is 9.64 Å². The molecule has 3 fully saturated rings. The number of urea groups is 1. The Kier molecular flexibility index (Phi) is 6.66. The van der Waals surface area contributed by atoms with E-state index in [9.17, 15) is 19.2 Å². The summed E-state index contributed by atoms with van der Waals surface area (Å²) >= 11 is 0. The van der Waals surface area contributed by atoms with Crippen molar-refractivity contribution >= 4 is 23.8 Å². The highest BCUT2D eigenvalue weighted by molar-refractivity contribution is 6.22. The van der Waals surface area contributed by atoms with E-state index in [0.717, 1.165) is 50.5 Å². The highest BCUT2D eigenvalue weighted by Crippen LogP contribution is 2.37. The highest BCUT2D eigenvalue weighted by atomic mass is 16.5. The molecule has 8 heteroatoms. The lowest BCUT2D eigenvalue weighted by atomic mass is 9.81. The van der Waals surface area contributed by atoms with Crippen LogP contribution in [0.1, 0.15) is 78.1 Å². The van der Waals surface area contributed by atoms with Crippen LogP contribution in [0.15, 0.2) is 18.2 Å². The summed E-state index contributed by atoms with van der Waals surface area (Å²) in [6.07, 6.45) is 6.63. The average molecular weight is 482 g/mol. The smallest absolute Gasteiger partial charge is 0.327 e. The first kappa shape index (κ1) is 24.0. The maximum absolute atomic E-state index is 13.3. The predicted octanol–water partition coefficient (Wildman–Crippen LogP) is 3.48. The van der Waals surface area contributed by atoms with Gasteiger partial charge in [-0.3, -0.25) is 24.2 Å². The van der Waals surface area contributed by atoms with E-state index in [1.807, 2.05) is 12.1 Å². The lowest BCUT2D eigenvalue weighted by Crippen LogP contribution is -2.46. The molecule has 3 heterocycles. The number of imide groups is 2. The summed E-state index contributed by atoms with van der Waals surface area (Å²) in [7, 11) is 1.56. The number of rotatable bonds is 8. The Hall–Kier alpha value is -2.74. The van der Waals surface area contributed by atoms with Crippen molar-refractivity contribution in [2.24, 2.45) is 11.8 Å². The fourth-order valence-electron chi connectivity index (χ4n) is 6.11. The second-order valence-electron chi connectivity index (χ2n) is 10.6. The van der Waals surface area contributed by atoms with Crippen LogP contribution in [0.25, 0.3) is 0 Å². The van der Waals surface area contributed by atoms with E-state index in [4.69, 9.17) is 4.74 Å². The molecule has 5 amide bonds. The summed E-state index contributed by atoms with van der Waals surface area (Å²) < 4.78 is 5.25. The van der Waals surface area contributed by atoms with Crippen molar-refractivity contribution in [3.8, 4) is 0 Å². The van der Waals surface area contributed by atoms with Crippen molar-refractivity contribution in [1.82, 2.24) is 14.7 Å². The SMILES string of the molecule is CCCCc1cccc2c1C(=O)N(C1CCC(CC3C(=O)N(C)C(=O)N3CC3COC3)CC1)C2=O. The molecule has 188 valence electrons. The van der Waals surface area contributed by atoms with Crippen molar-refractivity contribution in [2.75, 3.05) is 26.8 Å². The topological polar surface area (TPSA) is 87.2 Å². The number of ether oxygens (including phenoxy) is 1. The number of aryl methyl sites for hydroxylation is 1. The fourth-order valence-corrected chi connectivity index (χ4v) is 6.11. The van der Waals surface area contributed by atoms with E-state index in [-0.39, 0.29) is 35.7 Å². The number of amides is 5. The first-order valence-corrected chi connectivity index (χ1v) is 13.1. The Balaban J connectivity index is 1.22. The van der Waals surface area contributed by atoms with Crippen molar-refractivity contribution in [2.45, 2.75) is 70.4 Å². The number of carbonyl (C=O) groups excluding carboxylic acids is 4. The Bertz CT molecular complexity index is 1030. The molecule has 4 aliphatic rings. The molecule has 35 heavy (non-hydrogen) atoms. The van der Waals surface area contributed by atoms with Crippen LogP contribution in [0.5, 0.6) is 0 Å². The zero-order chi connectivity index (χ0) is 24.7. The van der Waals surface area contributed by atoms with Crippen molar-refractivity contribution in [3.05, 3.63) is 34.9 Å². The molecule has 8 nitrogen and oxygen atoms in total. The van der Waals surface area contributed by atoms with Gasteiger partial charge in [0.15, 0.2) is 0 Å². The number of likely N-dealkylation sites (N-methyl/N-ethyl adjacent to an activating group) is 1. The summed E-state index contributed by atoms with van der Waals surface area (Å²) in [6.45, 7) is 3.96. The zero-order valence-electron chi connectivity index (χ0n) is 20.7. The summed E-state index contributed by atoms with van der Waals surface area (Å²) in [5.41, 5.74) is 2.12. The number of fused-ring (bicyclic) bond motifs is 1. The van der Waals surface area contributed by atoms with Gasteiger partial charge in [0.1, 0.15) is 6.04 Å². The van der Waals surface area contributed by atoms with Crippen LogP contribution in [-0.4, -0.2) is 77.3 Å². The lowest BCUT2D eigenvalue weighted by Gasteiger charge is -2.36. The third kappa shape index (κ3) is 4.26. The van der Waals surface area contributed by atoms with E-state index >= 15 is 0 Å². The summed E-state index contributed by atoms with van der Waals surface area (Å²) in [5, 5.41) is 0. The third-order valence-corrected chi connectivity index (χ3v) is 8.26. The van der Waals surface area contributed by atoms with E-state index in [2.05, 4.69) is 6.92 Å². The molecule has 2 saturated heterocycles. The molecule has 3 aliphatic heterocycles. The van der Waals surface area contributed by atoms with Crippen LogP contribution < -0.4 is 0 Å². The molecular weight excluding hydrogens is 446 g/mol. The van der Waals surface area contributed by atoms with E-state index < -0.39 is 6.04 Å². The van der Waals surface area contributed by atoms with Crippen LogP contribution in [0, 0.1) is 11.8 Å². The number of benzene rings is 1. The first-order valence-electron chi connectivity index (χ1n) is 13.1. The van der Waals surface area contributed by atoms with Crippen LogP contribution in [-0.2, 0) is 16.0 Å². The molecular formula is C27H35N3O5. The minimum Gasteiger partial charge on any atom is -0.381 e. The monoisotopic (exact) mass is 481 g/mol. The van der Waals surface area contributed by atoms with Crippen molar-refractivity contribution in [3.63, 3.8) is 0 Å². The predicted molar refractivity (Wildman–Crippen MR) is 129 cm³/mol. The maximum atomic E-state index is 13.3. The van der Waals surface area contributed by atoms with Gasteiger partial charge in [0.25, 0.3) is 17.7 Å². The molecule has 0 radical (unpaired) electrons. The molecule has 0 N–H and O–H groups in total. The van der Waals surface area contributed by atoms with Crippen LogP contribution >= 0.6 is 0 Å². The standard InChI is InChI=1S/C27H35N3O5/c1-3-4-6-19-7-5-8-21-23(19)26(33)30(24(21)31)20-11-9-17(10-12-20)13-22-25(32)28(2)27(34)29(22)14-18-15-35-16-18/h5,7-8,17-18,20,22H,3-4,6,9-16H2,1-2H3. The molecule has 1 unspecified atom stereocenters. The van der Waals surface area contributed by atoms with E-state index in [1.165, 1.54) is 9.80 Å². The van der Waals surface area contributed by atoms with Crippen molar-refractivity contribution in [1.29, 1.82) is 0 Å². The van der Waals surface area contributed by atoms with E-state index in [0.29, 0.717) is 43.2 Å². The van der Waals surface area contributed by atoms with Crippen LogP contribution in [0.4, 0.5) is 4.79 Å². The molecule has 0 bridgehead atoms. The summed E-state index contributed by atoms with van der Waals surface area (Å²) in [5.74, 6) is 0.144. The largest absolute Gasteiger partial charge is 0.381 e. The molecule has 1 aromatic carbocycles.